The van der Waals surface area contributed by atoms with Crippen LogP contribution >= 0.6 is 0 Å². The van der Waals surface area contributed by atoms with Crippen molar-refractivity contribution in [3.05, 3.63) is 149 Å². The van der Waals surface area contributed by atoms with Gasteiger partial charge in [-0.05, 0) is 33.0 Å². The Balaban J connectivity index is 1.84. The quantitative estimate of drug-likeness (QED) is 0.270. The van der Waals surface area contributed by atoms with E-state index in [-0.39, 0.29) is 17.8 Å². The first-order valence-electron chi connectivity index (χ1n) is 12.5. The zero-order valence-corrected chi connectivity index (χ0v) is 20.6. The van der Waals surface area contributed by atoms with Crippen molar-refractivity contribution < 1.29 is 5.11 Å². The zero-order chi connectivity index (χ0) is 24.4. The molecule has 35 heavy (non-hydrogen) atoms. The summed E-state index contributed by atoms with van der Waals surface area (Å²) in [5.41, 5.74) is 6.91. The molecule has 0 bridgehead atoms. The van der Waals surface area contributed by atoms with Gasteiger partial charge in [0.25, 0.3) is 0 Å². The largest absolute Gasteiger partial charge is 0.507 e. The van der Waals surface area contributed by atoms with E-state index in [1.54, 1.807) is 0 Å². The van der Waals surface area contributed by atoms with Gasteiger partial charge in [-0.2, -0.15) is 0 Å². The molecular weight excluding hydrogens is 424 g/mol. The molecule has 0 fully saturated rings. The number of aromatic hydroxyl groups is 1. The number of benzene rings is 5. The Morgan fingerprint density at radius 1 is 0.400 bits per heavy atom. The maximum atomic E-state index is 12.1. The molecule has 5 aromatic rings. The predicted octanol–water partition coefficient (Wildman–Crippen LogP) is 9.00. The van der Waals surface area contributed by atoms with Crippen LogP contribution in [0.2, 0.25) is 0 Å². The van der Waals surface area contributed by atoms with Crippen LogP contribution in [0.5, 0.6) is 5.75 Å². The zero-order valence-electron chi connectivity index (χ0n) is 20.6. The fourth-order valence-electron chi connectivity index (χ4n) is 5.57. The fraction of sp³-hybridized carbons (Fsp3) is 0.176. The summed E-state index contributed by atoms with van der Waals surface area (Å²) in [6, 6.07) is 40.3. The van der Waals surface area contributed by atoms with Gasteiger partial charge in [0.2, 0.25) is 0 Å². The molecule has 0 amide bonds. The molecule has 0 saturated heterocycles. The summed E-state index contributed by atoms with van der Waals surface area (Å²) < 4.78 is 0. The van der Waals surface area contributed by atoms with Gasteiger partial charge < -0.3 is 5.11 Å². The summed E-state index contributed by atoms with van der Waals surface area (Å²) in [6.45, 7) is 6.68. The predicted molar refractivity (Wildman–Crippen MR) is 147 cm³/mol. The second-order valence-corrected chi connectivity index (χ2v) is 9.53. The summed E-state index contributed by atoms with van der Waals surface area (Å²) in [5, 5.41) is 14.5. The number of phenols is 1. The van der Waals surface area contributed by atoms with E-state index in [9.17, 15) is 5.11 Å². The van der Waals surface area contributed by atoms with Gasteiger partial charge in [-0.3, -0.25) is 0 Å². The standard InChI is InChI=1S/C34H32O/c1-23(26-15-7-4-8-16-26)31-29-21-13-14-22-30(29)32(24(2)27-17-9-5-10-18-27)34(35)33(31)25(3)28-19-11-6-12-20-28/h4-25,35H,1-3H3. The van der Waals surface area contributed by atoms with E-state index in [1.165, 1.54) is 27.6 Å². The molecule has 1 N–H and O–H groups in total. The Bertz CT molecular complexity index is 1420. The lowest BCUT2D eigenvalue weighted by atomic mass is 9.76. The van der Waals surface area contributed by atoms with Crippen LogP contribution in [0.3, 0.4) is 0 Å². The first-order valence-corrected chi connectivity index (χ1v) is 12.5. The normalized spacial score (nSPS) is 13.9. The topological polar surface area (TPSA) is 20.2 Å². The third kappa shape index (κ3) is 4.23. The third-order valence-electron chi connectivity index (χ3n) is 7.51. The summed E-state index contributed by atoms with van der Waals surface area (Å²) in [6.07, 6.45) is 0. The Hall–Kier alpha value is -3.84. The highest BCUT2D eigenvalue weighted by molar-refractivity contribution is 5.94. The van der Waals surface area contributed by atoms with Gasteiger partial charge in [0.05, 0.1) is 0 Å². The van der Waals surface area contributed by atoms with E-state index in [4.69, 9.17) is 0 Å². The number of hydrogen-bond donors (Lipinski definition) is 1. The summed E-state index contributed by atoms with van der Waals surface area (Å²) in [5.74, 6) is 0.663. The van der Waals surface area contributed by atoms with Crippen molar-refractivity contribution >= 4 is 10.8 Å². The number of phenolic OH excluding ortho intramolecular Hbond substituents is 1. The minimum Gasteiger partial charge on any atom is -0.507 e. The van der Waals surface area contributed by atoms with Gasteiger partial charge >= 0.3 is 0 Å². The fourth-order valence-corrected chi connectivity index (χ4v) is 5.57. The Morgan fingerprint density at radius 3 is 1.14 bits per heavy atom. The van der Waals surface area contributed by atoms with Gasteiger partial charge in [0.15, 0.2) is 0 Å². The van der Waals surface area contributed by atoms with Crippen molar-refractivity contribution in [2.45, 2.75) is 38.5 Å². The van der Waals surface area contributed by atoms with Crippen LogP contribution in [0.15, 0.2) is 115 Å². The average molecular weight is 457 g/mol. The molecule has 0 aromatic heterocycles. The van der Waals surface area contributed by atoms with Crippen LogP contribution in [0.1, 0.15) is 71.9 Å². The maximum Gasteiger partial charge on any atom is 0.124 e. The molecule has 0 aliphatic carbocycles. The molecule has 5 rings (SSSR count). The molecule has 1 nitrogen and oxygen atoms in total. The number of hydrogen-bond acceptors (Lipinski definition) is 1. The second-order valence-electron chi connectivity index (χ2n) is 9.53. The summed E-state index contributed by atoms with van der Waals surface area (Å²) in [4.78, 5) is 0. The van der Waals surface area contributed by atoms with E-state index in [2.05, 4.69) is 124 Å². The summed E-state index contributed by atoms with van der Waals surface area (Å²) in [7, 11) is 0. The van der Waals surface area contributed by atoms with Crippen molar-refractivity contribution in [2.75, 3.05) is 0 Å². The minimum atomic E-state index is 0.0451. The number of fused-ring (bicyclic) bond motifs is 1. The van der Waals surface area contributed by atoms with Crippen molar-refractivity contribution in [1.82, 2.24) is 0 Å². The van der Waals surface area contributed by atoms with Crippen LogP contribution in [0.25, 0.3) is 10.8 Å². The average Bonchev–Trinajstić information content (AvgIpc) is 2.93. The minimum absolute atomic E-state index is 0.0451. The highest BCUT2D eigenvalue weighted by Crippen LogP contribution is 2.48. The Morgan fingerprint density at radius 2 is 0.714 bits per heavy atom. The Kier molecular flexibility index (Phi) is 6.42. The molecular formula is C34H32O. The van der Waals surface area contributed by atoms with Crippen molar-refractivity contribution in [3.8, 4) is 5.75 Å². The third-order valence-corrected chi connectivity index (χ3v) is 7.51. The van der Waals surface area contributed by atoms with E-state index < -0.39 is 0 Å². The van der Waals surface area contributed by atoms with Crippen LogP contribution < -0.4 is 0 Å². The van der Waals surface area contributed by atoms with Crippen molar-refractivity contribution in [3.63, 3.8) is 0 Å². The highest BCUT2D eigenvalue weighted by atomic mass is 16.3. The molecule has 0 spiro atoms. The molecule has 1 heteroatoms. The smallest absolute Gasteiger partial charge is 0.124 e. The van der Waals surface area contributed by atoms with Gasteiger partial charge in [0.1, 0.15) is 5.75 Å². The van der Waals surface area contributed by atoms with Crippen LogP contribution in [-0.4, -0.2) is 5.11 Å². The SMILES string of the molecule is CC(c1ccccc1)c1c(O)c(C(C)c2ccccc2)c2ccccc2c1C(C)c1ccccc1. The molecule has 0 saturated carbocycles. The van der Waals surface area contributed by atoms with Gasteiger partial charge in [0, 0.05) is 28.9 Å². The van der Waals surface area contributed by atoms with E-state index in [0.717, 1.165) is 16.5 Å². The second kappa shape index (κ2) is 9.80. The van der Waals surface area contributed by atoms with Gasteiger partial charge in [-0.1, -0.05) is 136 Å². The first kappa shape index (κ1) is 22.9. The maximum absolute atomic E-state index is 12.1. The molecule has 0 radical (unpaired) electrons. The molecule has 174 valence electrons. The molecule has 0 aliphatic rings. The van der Waals surface area contributed by atoms with Crippen LogP contribution in [0, 0.1) is 0 Å². The van der Waals surface area contributed by atoms with Gasteiger partial charge in [-0.25, -0.2) is 0 Å². The highest BCUT2D eigenvalue weighted by Gasteiger charge is 2.29. The molecule has 5 aromatic carbocycles. The van der Waals surface area contributed by atoms with Gasteiger partial charge in [-0.15, -0.1) is 0 Å². The molecule has 0 heterocycles. The van der Waals surface area contributed by atoms with Crippen LogP contribution in [0.4, 0.5) is 0 Å². The monoisotopic (exact) mass is 456 g/mol. The first-order chi connectivity index (χ1) is 17.1. The molecule has 3 atom stereocenters. The Labute approximate surface area is 208 Å². The van der Waals surface area contributed by atoms with E-state index >= 15 is 0 Å². The number of rotatable bonds is 6. The lowest BCUT2D eigenvalue weighted by molar-refractivity contribution is 0.457. The molecule has 3 unspecified atom stereocenters. The lowest BCUT2D eigenvalue weighted by Gasteiger charge is -2.29. The molecule has 0 aliphatic heterocycles. The van der Waals surface area contributed by atoms with E-state index in [1.807, 2.05) is 12.1 Å². The van der Waals surface area contributed by atoms with Crippen LogP contribution in [-0.2, 0) is 0 Å². The summed E-state index contributed by atoms with van der Waals surface area (Å²) >= 11 is 0. The van der Waals surface area contributed by atoms with Crippen molar-refractivity contribution in [2.24, 2.45) is 0 Å². The van der Waals surface area contributed by atoms with E-state index in [0.29, 0.717) is 5.75 Å². The lowest BCUT2D eigenvalue weighted by Crippen LogP contribution is -2.10. The van der Waals surface area contributed by atoms with Crippen molar-refractivity contribution in [1.29, 1.82) is 0 Å².